The maximum atomic E-state index is 14.4. The molecular weight excluding hydrogens is 263 g/mol. The Bertz CT molecular complexity index is 612. The lowest BCUT2D eigenvalue weighted by molar-refractivity contribution is 0.578. The predicted molar refractivity (Wildman–Crippen MR) is 84.7 cm³/mol. The number of halogens is 1. The summed E-state index contributed by atoms with van der Waals surface area (Å²) in [6.07, 6.45) is 0. The molecule has 21 heavy (non-hydrogen) atoms. The van der Waals surface area contributed by atoms with Crippen LogP contribution in [0, 0.1) is 5.82 Å². The third-order valence-corrected chi connectivity index (χ3v) is 3.93. The summed E-state index contributed by atoms with van der Waals surface area (Å²) >= 11 is 0. The van der Waals surface area contributed by atoms with E-state index in [9.17, 15) is 4.39 Å². The van der Waals surface area contributed by atoms with Gasteiger partial charge in [0.1, 0.15) is 5.82 Å². The van der Waals surface area contributed by atoms with Crippen LogP contribution in [0.4, 0.5) is 10.1 Å². The highest BCUT2D eigenvalue weighted by molar-refractivity contribution is 5.58. The molecule has 2 nitrogen and oxygen atoms in total. The highest BCUT2D eigenvalue weighted by Gasteiger charge is 2.23. The highest BCUT2D eigenvalue weighted by atomic mass is 19.1. The first kappa shape index (κ1) is 14.1. The molecule has 0 aliphatic carbocycles. The second-order valence-corrected chi connectivity index (χ2v) is 5.91. The summed E-state index contributed by atoms with van der Waals surface area (Å²) in [4.78, 5) is 2.14. The van der Waals surface area contributed by atoms with Gasteiger partial charge in [-0.1, -0.05) is 50.2 Å². The van der Waals surface area contributed by atoms with E-state index in [1.807, 2.05) is 18.2 Å². The molecule has 2 aromatic rings. The molecule has 1 aliphatic rings. The van der Waals surface area contributed by atoms with E-state index in [1.54, 1.807) is 12.1 Å². The molecule has 1 heterocycles. The summed E-state index contributed by atoms with van der Waals surface area (Å²) in [5, 5.41) is 3.38. The number of rotatable bonds is 4. The zero-order valence-corrected chi connectivity index (χ0v) is 12.6. The monoisotopic (exact) mass is 284 g/mol. The van der Waals surface area contributed by atoms with Crippen molar-refractivity contribution >= 4 is 5.69 Å². The van der Waals surface area contributed by atoms with Crippen molar-refractivity contribution in [1.29, 1.82) is 0 Å². The van der Waals surface area contributed by atoms with Crippen molar-refractivity contribution in [2.75, 3.05) is 4.90 Å². The highest BCUT2D eigenvalue weighted by Crippen LogP contribution is 2.32. The van der Waals surface area contributed by atoms with Gasteiger partial charge < -0.3 is 10.2 Å². The van der Waals surface area contributed by atoms with Crippen molar-refractivity contribution in [2.24, 2.45) is 0 Å². The zero-order valence-electron chi connectivity index (χ0n) is 12.6. The van der Waals surface area contributed by atoms with Crippen molar-refractivity contribution in [1.82, 2.24) is 5.32 Å². The SMILES string of the molecule is CC(C)NCc1cccc(F)c1N1Cc2ccccc2C1. The number of hydrogen-bond acceptors (Lipinski definition) is 2. The summed E-state index contributed by atoms with van der Waals surface area (Å²) < 4.78 is 14.4. The maximum Gasteiger partial charge on any atom is 0.146 e. The average Bonchev–Trinajstić information content (AvgIpc) is 2.88. The van der Waals surface area contributed by atoms with Crippen molar-refractivity contribution < 1.29 is 4.39 Å². The van der Waals surface area contributed by atoms with Crippen LogP contribution in [0.3, 0.4) is 0 Å². The minimum Gasteiger partial charge on any atom is -0.360 e. The van der Waals surface area contributed by atoms with E-state index >= 15 is 0 Å². The van der Waals surface area contributed by atoms with Crippen molar-refractivity contribution in [3.63, 3.8) is 0 Å². The third kappa shape index (κ3) is 2.93. The topological polar surface area (TPSA) is 15.3 Å². The average molecular weight is 284 g/mol. The number of anilines is 1. The number of para-hydroxylation sites is 1. The fourth-order valence-electron chi connectivity index (χ4n) is 2.86. The number of nitrogens with one attached hydrogen (secondary N) is 1. The van der Waals surface area contributed by atoms with E-state index in [0.29, 0.717) is 12.6 Å². The molecule has 0 aromatic heterocycles. The van der Waals surface area contributed by atoms with Gasteiger partial charge in [-0.05, 0) is 22.8 Å². The molecule has 0 fully saturated rings. The fourth-order valence-corrected chi connectivity index (χ4v) is 2.86. The summed E-state index contributed by atoms with van der Waals surface area (Å²) in [6.45, 7) is 6.46. The van der Waals surface area contributed by atoms with Crippen molar-refractivity contribution in [3.8, 4) is 0 Å². The Morgan fingerprint density at radius 1 is 1.05 bits per heavy atom. The molecule has 0 saturated carbocycles. The van der Waals surface area contributed by atoms with Crippen LogP contribution in [0.2, 0.25) is 0 Å². The van der Waals surface area contributed by atoms with E-state index in [0.717, 1.165) is 24.3 Å². The molecule has 110 valence electrons. The van der Waals surface area contributed by atoms with Gasteiger partial charge in [0.25, 0.3) is 0 Å². The molecule has 3 heteroatoms. The Hall–Kier alpha value is -1.87. The first-order valence-corrected chi connectivity index (χ1v) is 7.47. The zero-order chi connectivity index (χ0) is 14.8. The molecule has 0 unspecified atom stereocenters. The first-order valence-electron chi connectivity index (χ1n) is 7.47. The van der Waals surface area contributed by atoms with E-state index in [1.165, 1.54) is 11.1 Å². The molecule has 0 bridgehead atoms. The van der Waals surface area contributed by atoms with Gasteiger partial charge in [-0.2, -0.15) is 0 Å². The van der Waals surface area contributed by atoms with Crippen LogP contribution in [-0.2, 0) is 19.6 Å². The van der Waals surface area contributed by atoms with Crippen LogP contribution in [0.15, 0.2) is 42.5 Å². The van der Waals surface area contributed by atoms with Gasteiger partial charge in [0.05, 0.1) is 5.69 Å². The quantitative estimate of drug-likeness (QED) is 0.917. The van der Waals surface area contributed by atoms with Crippen molar-refractivity contribution in [2.45, 2.75) is 39.5 Å². The smallest absolute Gasteiger partial charge is 0.146 e. The van der Waals surface area contributed by atoms with Crippen LogP contribution in [0.1, 0.15) is 30.5 Å². The van der Waals surface area contributed by atoms with E-state index < -0.39 is 0 Å². The fraction of sp³-hybridized carbons (Fsp3) is 0.333. The van der Waals surface area contributed by atoms with E-state index in [4.69, 9.17) is 0 Å². The van der Waals surface area contributed by atoms with Gasteiger partial charge in [-0.15, -0.1) is 0 Å². The van der Waals surface area contributed by atoms with E-state index in [-0.39, 0.29) is 5.82 Å². The lowest BCUT2D eigenvalue weighted by atomic mass is 10.1. The van der Waals surface area contributed by atoms with Gasteiger partial charge in [-0.25, -0.2) is 4.39 Å². The Morgan fingerprint density at radius 3 is 2.33 bits per heavy atom. The van der Waals surface area contributed by atoms with Crippen LogP contribution in [0.25, 0.3) is 0 Å². The van der Waals surface area contributed by atoms with Crippen LogP contribution >= 0.6 is 0 Å². The van der Waals surface area contributed by atoms with Gasteiger partial charge in [0.15, 0.2) is 0 Å². The molecule has 2 aromatic carbocycles. The Labute approximate surface area is 125 Å². The largest absolute Gasteiger partial charge is 0.360 e. The van der Waals surface area contributed by atoms with Gasteiger partial charge >= 0.3 is 0 Å². The summed E-state index contributed by atoms with van der Waals surface area (Å²) in [5.41, 5.74) is 4.35. The molecule has 0 amide bonds. The van der Waals surface area contributed by atoms with E-state index in [2.05, 4.69) is 36.2 Å². The van der Waals surface area contributed by atoms with Crippen molar-refractivity contribution in [3.05, 3.63) is 65.0 Å². The van der Waals surface area contributed by atoms with Crippen LogP contribution < -0.4 is 10.2 Å². The molecule has 0 radical (unpaired) electrons. The number of fused-ring (bicyclic) bond motifs is 1. The second-order valence-electron chi connectivity index (χ2n) is 5.91. The third-order valence-electron chi connectivity index (χ3n) is 3.93. The molecule has 0 atom stereocenters. The van der Waals surface area contributed by atoms with Gasteiger partial charge in [0, 0.05) is 25.7 Å². The first-order chi connectivity index (χ1) is 10.1. The normalized spacial score (nSPS) is 13.8. The van der Waals surface area contributed by atoms with Gasteiger partial charge in [-0.3, -0.25) is 0 Å². The lowest BCUT2D eigenvalue weighted by Crippen LogP contribution is -2.25. The Balaban J connectivity index is 1.89. The standard InChI is InChI=1S/C18H21FN2/c1-13(2)20-10-14-8-5-9-17(19)18(14)21-11-15-6-3-4-7-16(15)12-21/h3-9,13,20H,10-12H2,1-2H3. The predicted octanol–water partition coefficient (Wildman–Crippen LogP) is 3.84. The molecule has 1 N–H and O–H groups in total. The summed E-state index contributed by atoms with van der Waals surface area (Å²) in [5.74, 6) is -0.133. The number of benzene rings is 2. The van der Waals surface area contributed by atoms with Crippen LogP contribution in [0.5, 0.6) is 0 Å². The Kier molecular flexibility index (Phi) is 3.93. The van der Waals surface area contributed by atoms with Crippen LogP contribution in [-0.4, -0.2) is 6.04 Å². The Morgan fingerprint density at radius 2 is 1.71 bits per heavy atom. The summed E-state index contributed by atoms with van der Waals surface area (Å²) in [7, 11) is 0. The van der Waals surface area contributed by atoms with Gasteiger partial charge in [0.2, 0.25) is 0 Å². The maximum absolute atomic E-state index is 14.4. The minimum absolute atomic E-state index is 0.133. The molecule has 0 spiro atoms. The number of nitrogens with zero attached hydrogens (tertiary/aromatic N) is 1. The summed E-state index contributed by atoms with van der Waals surface area (Å²) in [6, 6.07) is 14.1. The minimum atomic E-state index is -0.133. The molecule has 0 saturated heterocycles. The molecule has 3 rings (SSSR count). The molecule has 1 aliphatic heterocycles. The second kappa shape index (κ2) is 5.86. The lowest BCUT2D eigenvalue weighted by Gasteiger charge is -2.23. The number of hydrogen-bond donors (Lipinski definition) is 1. The molecular formula is C18H21FN2.